The van der Waals surface area contributed by atoms with Gasteiger partial charge in [0.05, 0.1) is 15.6 Å². The maximum atomic E-state index is 12.3. The molecule has 0 atom stereocenters. The van der Waals surface area contributed by atoms with Crippen molar-refractivity contribution in [3.63, 3.8) is 0 Å². The summed E-state index contributed by atoms with van der Waals surface area (Å²) in [5, 5.41) is 11.0. The zero-order valence-electron chi connectivity index (χ0n) is 13.8. The number of carbonyl (C=O) groups is 2. The Labute approximate surface area is 154 Å². The maximum absolute atomic E-state index is 12.3. The fraction of sp³-hybridized carbons (Fsp3) is 0.222. The molecule has 3 rings (SSSR count). The molecule has 7 nitrogen and oxygen atoms in total. The summed E-state index contributed by atoms with van der Waals surface area (Å²) in [6.07, 6.45) is 0.781. The molecule has 0 unspecified atom stereocenters. The van der Waals surface area contributed by atoms with E-state index in [1.165, 1.54) is 6.07 Å². The summed E-state index contributed by atoms with van der Waals surface area (Å²) in [4.78, 5) is 36.6. The van der Waals surface area contributed by atoms with Crippen LogP contribution in [0.15, 0.2) is 53.4 Å². The topological polar surface area (TPSA) is 89.7 Å². The number of amides is 1. The zero-order valence-corrected chi connectivity index (χ0v) is 14.6. The van der Waals surface area contributed by atoms with E-state index in [0.29, 0.717) is 11.4 Å². The molecule has 1 aliphatic heterocycles. The Bertz CT molecular complexity index is 855. The van der Waals surface area contributed by atoms with Crippen molar-refractivity contribution >= 4 is 35.0 Å². The number of ether oxygens (including phenoxy) is 1. The van der Waals surface area contributed by atoms with Crippen LogP contribution in [0.25, 0.3) is 0 Å². The second-order valence-corrected chi connectivity index (χ2v) is 6.62. The molecule has 0 bridgehead atoms. The van der Waals surface area contributed by atoms with E-state index in [1.54, 1.807) is 23.1 Å². The smallest absolute Gasteiger partial charge is 0.316 e. The lowest BCUT2D eigenvalue weighted by Crippen LogP contribution is -2.33. The van der Waals surface area contributed by atoms with Gasteiger partial charge in [0, 0.05) is 18.3 Å². The monoisotopic (exact) mass is 372 g/mol. The maximum Gasteiger partial charge on any atom is 0.316 e. The number of hydrogen-bond acceptors (Lipinski definition) is 6. The van der Waals surface area contributed by atoms with Crippen molar-refractivity contribution in [1.82, 2.24) is 0 Å². The Morgan fingerprint density at radius 2 is 1.88 bits per heavy atom. The van der Waals surface area contributed by atoms with E-state index < -0.39 is 10.9 Å². The Hall–Kier alpha value is -2.87. The lowest BCUT2D eigenvalue weighted by atomic mass is 10.2. The molecule has 0 saturated carbocycles. The van der Waals surface area contributed by atoms with Gasteiger partial charge in [-0.15, -0.1) is 11.8 Å². The van der Waals surface area contributed by atoms with Gasteiger partial charge in [-0.3, -0.25) is 19.7 Å². The summed E-state index contributed by atoms with van der Waals surface area (Å²) in [6, 6.07) is 13.8. The summed E-state index contributed by atoms with van der Waals surface area (Å²) in [5.41, 5.74) is 1.89. The van der Waals surface area contributed by atoms with Crippen LogP contribution in [-0.2, 0) is 20.7 Å². The Morgan fingerprint density at radius 3 is 2.69 bits per heavy atom. The van der Waals surface area contributed by atoms with E-state index in [0.717, 1.165) is 29.4 Å². The molecule has 0 N–H and O–H groups in total. The highest BCUT2D eigenvalue weighted by Gasteiger charge is 2.25. The third-order valence-corrected chi connectivity index (χ3v) is 4.99. The first-order valence-corrected chi connectivity index (χ1v) is 8.95. The fourth-order valence-electron chi connectivity index (χ4n) is 2.73. The lowest BCUT2D eigenvalue weighted by molar-refractivity contribution is -0.387. The molecule has 0 saturated heterocycles. The number of hydrogen-bond donors (Lipinski definition) is 0. The van der Waals surface area contributed by atoms with Crippen molar-refractivity contribution in [1.29, 1.82) is 0 Å². The van der Waals surface area contributed by atoms with Gasteiger partial charge < -0.3 is 9.64 Å². The lowest BCUT2D eigenvalue weighted by Gasteiger charge is -2.17. The molecular formula is C18H16N2O5S. The summed E-state index contributed by atoms with van der Waals surface area (Å²) in [7, 11) is 0. The molecule has 134 valence electrons. The average Bonchev–Trinajstić information content (AvgIpc) is 3.08. The minimum absolute atomic E-state index is 0.0601. The largest absolute Gasteiger partial charge is 0.455 e. The first-order chi connectivity index (χ1) is 12.6. The van der Waals surface area contributed by atoms with E-state index >= 15 is 0 Å². The molecule has 0 spiro atoms. The highest BCUT2D eigenvalue weighted by atomic mass is 32.2. The van der Waals surface area contributed by atoms with Crippen LogP contribution < -0.4 is 4.90 Å². The van der Waals surface area contributed by atoms with Gasteiger partial charge in [-0.2, -0.15) is 0 Å². The molecule has 1 aliphatic rings. The van der Waals surface area contributed by atoms with Crippen molar-refractivity contribution < 1.29 is 19.2 Å². The van der Waals surface area contributed by atoms with Gasteiger partial charge >= 0.3 is 5.97 Å². The van der Waals surface area contributed by atoms with Gasteiger partial charge in [-0.1, -0.05) is 30.3 Å². The van der Waals surface area contributed by atoms with Crippen molar-refractivity contribution in [3.05, 3.63) is 64.2 Å². The molecule has 2 aromatic carbocycles. The Balaban J connectivity index is 1.51. The summed E-state index contributed by atoms with van der Waals surface area (Å²) in [5.74, 6) is -0.970. The van der Waals surface area contributed by atoms with Gasteiger partial charge in [0.15, 0.2) is 6.61 Å². The number of para-hydroxylation sites is 2. The van der Waals surface area contributed by atoms with Gasteiger partial charge in [0.2, 0.25) is 0 Å². The van der Waals surface area contributed by atoms with Crippen LogP contribution in [0.5, 0.6) is 0 Å². The van der Waals surface area contributed by atoms with E-state index in [-0.39, 0.29) is 24.0 Å². The molecular weight excluding hydrogens is 356 g/mol. The number of fused-ring (bicyclic) bond motifs is 1. The van der Waals surface area contributed by atoms with Crippen molar-refractivity contribution in [2.24, 2.45) is 0 Å². The van der Waals surface area contributed by atoms with Crippen LogP contribution in [0.2, 0.25) is 0 Å². The summed E-state index contributed by atoms with van der Waals surface area (Å²) >= 11 is 1.01. The number of carbonyl (C=O) groups excluding carboxylic acids is 2. The van der Waals surface area contributed by atoms with E-state index in [1.807, 2.05) is 24.3 Å². The van der Waals surface area contributed by atoms with Gasteiger partial charge in [0.25, 0.3) is 11.6 Å². The van der Waals surface area contributed by atoms with Crippen molar-refractivity contribution in [2.45, 2.75) is 11.3 Å². The number of nitro benzene ring substituents is 1. The minimum Gasteiger partial charge on any atom is -0.455 e. The van der Waals surface area contributed by atoms with Crippen LogP contribution in [0.4, 0.5) is 11.4 Å². The number of anilines is 1. The minimum atomic E-state index is -0.589. The van der Waals surface area contributed by atoms with Crippen LogP contribution in [0.1, 0.15) is 5.56 Å². The molecule has 1 amide bonds. The van der Waals surface area contributed by atoms with Crippen molar-refractivity contribution in [2.75, 3.05) is 23.8 Å². The predicted octanol–water partition coefficient (Wildman–Crippen LogP) is 2.82. The molecule has 26 heavy (non-hydrogen) atoms. The fourth-order valence-corrected chi connectivity index (χ4v) is 3.55. The molecule has 0 fully saturated rings. The Morgan fingerprint density at radius 1 is 1.15 bits per heavy atom. The normalized spacial score (nSPS) is 12.5. The number of benzene rings is 2. The first-order valence-electron chi connectivity index (χ1n) is 7.96. The van der Waals surface area contributed by atoms with Crippen LogP contribution in [0.3, 0.4) is 0 Å². The molecule has 0 aliphatic carbocycles. The SMILES string of the molecule is O=C(CSc1ccccc1[N+](=O)[O-])OCC(=O)N1CCc2ccccc21. The van der Waals surface area contributed by atoms with Gasteiger partial charge in [0.1, 0.15) is 0 Å². The molecule has 8 heteroatoms. The average molecular weight is 372 g/mol. The zero-order chi connectivity index (χ0) is 18.5. The highest BCUT2D eigenvalue weighted by molar-refractivity contribution is 8.00. The van der Waals surface area contributed by atoms with Gasteiger partial charge in [-0.25, -0.2) is 0 Å². The number of rotatable bonds is 6. The van der Waals surface area contributed by atoms with Gasteiger partial charge in [-0.05, 0) is 24.1 Å². The molecule has 0 aromatic heterocycles. The number of nitro groups is 1. The van der Waals surface area contributed by atoms with E-state index in [4.69, 9.17) is 4.74 Å². The first kappa shape index (κ1) is 17.9. The molecule has 0 radical (unpaired) electrons. The number of thioether (sulfide) groups is 1. The second-order valence-electron chi connectivity index (χ2n) is 5.60. The summed E-state index contributed by atoms with van der Waals surface area (Å²) < 4.78 is 5.03. The predicted molar refractivity (Wildman–Crippen MR) is 97.3 cm³/mol. The van der Waals surface area contributed by atoms with E-state index in [2.05, 4.69) is 0 Å². The van der Waals surface area contributed by atoms with Crippen LogP contribution >= 0.6 is 11.8 Å². The van der Waals surface area contributed by atoms with Crippen molar-refractivity contribution in [3.8, 4) is 0 Å². The van der Waals surface area contributed by atoms with E-state index in [9.17, 15) is 19.7 Å². The van der Waals surface area contributed by atoms with Crippen LogP contribution in [-0.4, -0.2) is 35.7 Å². The third-order valence-electron chi connectivity index (χ3n) is 3.95. The second kappa shape index (κ2) is 8.01. The standard InChI is InChI=1S/C18H16N2O5S/c21-17(19-10-9-13-5-1-2-6-14(13)19)11-25-18(22)12-26-16-8-4-3-7-15(16)20(23)24/h1-8H,9-12H2. The number of nitrogens with zero attached hydrogens (tertiary/aromatic N) is 2. The van der Waals surface area contributed by atoms with Crippen LogP contribution in [0, 0.1) is 10.1 Å². The molecule has 1 heterocycles. The Kier molecular flexibility index (Phi) is 5.52. The number of esters is 1. The highest BCUT2D eigenvalue weighted by Crippen LogP contribution is 2.29. The quantitative estimate of drug-likeness (QED) is 0.335. The third kappa shape index (κ3) is 4.02. The molecule has 2 aromatic rings. The summed E-state index contributed by atoms with van der Waals surface area (Å²) in [6.45, 7) is 0.227.